The van der Waals surface area contributed by atoms with Crippen LogP contribution in [0.15, 0.2) is 30.7 Å². The van der Waals surface area contributed by atoms with Crippen LogP contribution in [-0.4, -0.2) is 92.8 Å². The van der Waals surface area contributed by atoms with E-state index in [0.717, 1.165) is 19.4 Å². The Morgan fingerprint density at radius 2 is 2.05 bits per heavy atom. The van der Waals surface area contributed by atoms with Crippen molar-refractivity contribution in [2.24, 2.45) is 0 Å². The lowest BCUT2D eigenvalue weighted by atomic mass is 9.84. The Morgan fingerprint density at radius 3 is 2.87 bits per heavy atom. The molecule has 0 bridgehead atoms. The molecule has 0 radical (unpaired) electrons. The lowest BCUT2D eigenvalue weighted by molar-refractivity contribution is 0.0500. The smallest absolute Gasteiger partial charge is 0.229 e. The molecule has 2 aliphatic heterocycles. The van der Waals surface area contributed by atoms with Gasteiger partial charge in [-0.25, -0.2) is 9.37 Å². The van der Waals surface area contributed by atoms with Gasteiger partial charge in [0.15, 0.2) is 11.6 Å². The maximum absolute atomic E-state index is 14.8. The first kappa shape index (κ1) is 27.2. The van der Waals surface area contributed by atoms with Gasteiger partial charge in [0, 0.05) is 30.4 Å². The minimum absolute atomic E-state index is 0.0636. The number of nitrogens with one attached hydrogen (secondary N) is 2. The number of piperidine rings is 1. The Kier molecular flexibility index (Phi) is 8.48. The molecule has 12 nitrogen and oxygen atoms in total. The predicted molar refractivity (Wildman–Crippen MR) is 143 cm³/mol. The fourth-order valence-electron chi connectivity index (χ4n) is 5.59. The SMILES string of the molecule is COCCOCCOc1ccc(Nc2ncc(F)c(N[C@@H]3C[C@@H]4CCCN4C(C)(C)C3)n2)cc1-n1cnnn1. The van der Waals surface area contributed by atoms with Gasteiger partial charge in [0.2, 0.25) is 5.95 Å². The van der Waals surface area contributed by atoms with Gasteiger partial charge in [-0.2, -0.15) is 9.67 Å². The number of benzene rings is 1. The van der Waals surface area contributed by atoms with Crippen molar-refractivity contribution in [2.75, 3.05) is 50.7 Å². The van der Waals surface area contributed by atoms with Crippen molar-refractivity contribution in [1.29, 1.82) is 0 Å². The zero-order chi connectivity index (χ0) is 27.2. The number of anilines is 3. The topological polar surface area (TPSA) is 124 Å². The minimum Gasteiger partial charge on any atom is -0.489 e. The van der Waals surface area contributed by atoms with Gasteiger partial charge in [0.25, 0.3) is 0 Å². The van der Waals surface area contributed by atoms with Crippen LogP contribution in [0.1, 0.15) is 39.5 Å². The largest absolute Gasteiger partial charge is 0.489 e. The molecule has 4 heterocycles. The van der Waals surface area contributed by atoms with Crippen LogP contribution in [0.25, 0.3) is 5.69 Å². The van der Waals surface area contributed by atoms with Crippen molar-refractivity contribution >= 4 is 17.5 Å². The molecule has 5 rings (SSSR count). The van der Waals surface area contributed by atoms with Crippen LogP contribution in [-0.2, 0) is 9.47 Å². The van der Waals surface area contributed by atoms with E-state index in [2.05, 4.69) is 54.9 Å². The monoisotopic (exact) mass is 541 g/mol. The average molecular weight is 542 g/mol. The van der Waals surface area contributed by atoms with Crippen molar-refractivity contribution in [3.8, 4) is 11.4 Å². The van der Waals surface area contributed by atoms with Crippen LogP contribution in [0.4, 0.5) is 21.8 Å². The lowest BCUT2D eigenvalue weighted by Crippen LogP contribution is -2.55. The molecule has 13 heteroatoms. The summed E-state index contributed by atoms with van der Waals surface area (Å²) in [5.74, 6) is 0.581. The number of hydrogen-bond donors (Lipinski definition) is 2. The molecule has 2 aliphatic rings. The third-order valence-electron chi connectivity index (χ3n) is 7.27. The number of rotatable bonds is 12. The van der Waals surface area contributed by atoms with Crippen LogP contribution in [0.3, 0.4) is 0 Å². The second kappa shape index (κ2) is 12.2. The van der Waals surface area contributed by atoms with Gasteiger partial charge in [-0.05, 0) is 74.7 Å². The Bertz CT molecular complexity index is 1230. The van der Waals surface area contributed by atoms with Crippen LogP contribution < -0.4 is 15.4 Å². The van der Waals surface area contributed by atoms with E-state index >= 15 is 0 Å². The fraction of sp³-hybridized carbons (Fsp3) is 0.577. The molecule has 0 unspecified atom stereocenters. The quantitative estimate of drug-likeness (QED) is 0.329. The van der Waals surface area contributed by atoms with E-state index in [1.54, 1.807) is 13.2 Å². The van der Waals surface area contributed by atoms with Gasteiger partial charge in [0.05, 0.1) is 26.0 Å². The van der Waals surface area contributed by atoms with E-state index in [-0.39, 0.29) is 23.3 Å². The molecule has 210 valence electrons. The third kappa shape index (κ3) is 6.60. The summed E-state index contributed by atoms with van der Waals surface area (Å²) >= 11 is 0. The Labute approximate surface area is 227 Å². The Balaban J connectivity index is 1.28. The Morgan fingerprint density at radius 1 is 1.18 bits per heavy atom. The number of fused-ring (bicyclic) bond motifs is 1. The molecule has 2 saturated heterocycles. The van der Waals surface area contributed by atoms with Crippen molar-refractivity contribution in [3.63, 3.8) is 0 Å². The number of halogens is 1. The summed E-state index contributed by atoms with van der Waals surface area (Å²) in [6.45, 7) is 7.45. The summed E-state index contributed by atoms with van der Waals surface area (Å²) in [5.41, 5.74) is 1.35. The van der Waals surface area contributed by atoms with Gasteiger partial charge >= 0.3 is 0 Å². The highest BCUT2D eigenvalue weighted by Gasteiger charge is 2.43. The molecule has 2 aromatic heterocycles. The van der Waals surface area contributed by atoms with E-state index in [0.29, 0.717) is 49.6 Å². The highest BCUT2D eigenvalue weighted by atomic mass is 19.1. The number of ether oxygens (including phenoxy) is 3. The Hall–Kier alpha value is -3.42. The van der Waals surface area contributed by atoms with Crippen LogP contribution in [0.2, 0.25) is 0 Å². The second-order valence-electron chi connectivity index (χ2n) is 10.5. The number of methoxy groups -OCH3 is 1. The van der Waals surface area contributed by atoms with Gasteiger partial charge in [0.1, 0.15) is 24.4 Å². The van der Waals surface area contributed by atoms with Gasteiger partial charge in [-0.3, -0.25) is 4.90 Å². The van der Waals surface area contributed by atoms with E-state index in [1.165, 1.54) is 30.0 Å². The first-order valence-electron chi connectivity index (χ1n) is 13.3. The highest BCUT2D eigenvalue weighted by Crippen LogP contribution is 2.38. The minimum atomic E-state index is -0.474. The van der Waals surface area contributed by atoms with Gasteiger partial charge in [-0.15, -0.1) is 5.10 Å². The van der Waals surface area contributed by atoms with E-state index in [4.69, 9.17) is 14.2 Å². The standard InChI is InChI=1S/C26H36FN9O3/c1-26(2)15-19(13-20-5-4-8-35(20)26)30-24-21(27)16-28-25(32-24)31-18-6-7-23(39-12-11-38-10-9-37-3)22(14-18)36-17-29-33-34-36/h6-7,14,16-17,19-20H,4-5,8-13,15H2,1-3H3,(H2,28,30,31,32)/t19-,20+/m1/s1. The molecule has 0 aliphatic carbocycles. The molecule has 3 aromatic rings. The normalized spacial score (nSPS) is 20.5. The molecule has 2 fully saturated rings. The number of tetrazole rings is 1. The third-order valence-corrected chi connectivity index (χ3v) is 7.27. The molecule has 2 N–H and O–H groups in total. The molecule has 1 aromatic carbocycles. The number of hydrogen-bond acceptors (Lipinski definition) is 11. The van der Waals surface area contributed by atoms with Crippen molar-refractivity contribution in [1.82, 2.24) is 35.1 Å². The lowest BCUT2D eigenvalue weighted by Gasteiger charge is -2.47. The van der Waals surface area contributed by atoms with Crippen molar-refractivity contribution in [3.05, 3.63) is 36.5 Å². The van der Waals surface area contributed by atoms with E-state index < -0.39 is 5.82 Å². The summed E-state index contributed by atoms with van der Waals surface area (Å²) in [6.07, 6.45) is 6.97. The first-order chi connectivity index (χ1) is 18.9. The highest BCUT2D eigenvalue weighted by molar-refractivity contribution is 5.62. The van der Waals surface area contributed by atoms with Crippen LogP contribution in [0.5, 0.6) is 5.75 Å². The van der Waals surface area contributed by atoms with Crippen LogP contribution in [0, 0.1) is 5.82 Å². The summed E-state index contributed by atoms with van der Waals surface area (Å²) in [4.78, 5) is 11.2. The van der Waals surface area contributed by atoms with Crippen molar-refractivity contribution < 1.29 is 18.6 Å². The zero-order valence-electron chi connectivity index (χ0n) is 22.6. The molecule has 39 heavy (non-hydrogen) atoms. The zero-order valence-corrected chi connectivity index (χ0v) is 22.6. The summed E-state index contributed by atoms with van der Waals surface area (Å²) in [7, 11) is 1.63. The molecule has 0 spiro atoms. The maximum Gasteiger partial charge on any atom is 0.229 e. The molecule has 0 saturated carbocycles. The summed E-state index contributed by atoms with van der Waals surface area (Å²) in [5, 5.41) is 18.0. The van der Waals surface area contributed by atoms with E-state index in [9.17, 15) is 4.39 Å². The number of aromatic nitrogens is 6. The number of nitrogens with zero attached hydrogens (tertiary/aromatic N) is 7. The summed E-state index contributed by atoms with van der Waals surface area (Å²) < 4.78 is 32.6. The molecule has 2 atom stereocenters. The molecular formula is C26H36FN9O3. The second-order valence-corrected chi connectivity index (χ2v) is 10.5. The summed E-state index contributed by atoms with van der Waals surface area (Å²) in [6, 6.07) is 6.10. The molecule has 0 amide bonds. The van der Waals surface area contributed by atoms with Gasteiger partial charge < -0.3 is 24.8 Å². The van der Waals surface area contributed by atoms with Gasteiger partial charge in [-0.1, -0.05) is 0 Å². The predicted octanol–water partition coefficient (Wildman–Crippen LogP) is 3.19. The van der Waals surface area contributed by atoms with E-state index in [1.807, 2.05) is 12.1 Å². The average Bonchev–Trinajstić information content (AvgIpc) is 3.61. The van der Waals surface area contributed by atoms with Crippen molar-refractivity contribution in [2.45, 2.75) is 57.2 Å². The fourth-order valence-corrected chi connectivity index (χ4v) is 5.59. The molecular weight excluding hydrogens is 505 g/mol. The van der Waals surface area contributed by atoms with Crippen LogP contribution >= 0.6 is 0 Å². The first-order valence-corrected chi connectivity index (χ1v) is 13.3. The maximum atomic E-state index is 14.8.